The van der Waals surface area contributed by atoms with Gasteiger partial charge in [-0.05, 0) is 57.4 Å². The van der Waals surface area contributed by atoms with Crippen LogP contribution in [0.25, 0.3) is 0 Å². The van der Waals surface area contributed by atoms with Gasteiger partial charge in [0.1, 0.15) is 17.7 Å². The number of piperidine rings is 1. The van der Waals surface area contributed by atoms with Crippen molar-refractivity contribution >= 4 is 23.9 Å². The first-order valence-corrected chi connectivity index (χ1v) is 13.6. The molecule has 1 unspecified atom stereocenters. The fraction of sp³-hybridized carbons (Fsp3) is 0.655. The van der Waals surface area contributed by atoms with Crippen molar-refractivity contribution in [2.45, 2.75) is 97.2 Å². The van der Waals surface area contributed by atoms with Gasteiger partial charge in [-0.1, -0.05) is 64.4 Å². The molecule has 3 atom stereocenters. The van der Waals surface area contributed by atoms with Crippen molar-refractivity contribution in [1.29, 1.82) is 0 Å². The number of hydrogen-bond donors (Lipinski definition) is 3. The topological polar surface area (TPSA) is 125 Å². The van der Waals surface area contributed by atoms with E-state index in [9.17, 15) is 24.3 Å². The highest BCUT2D eigenvalue weighted by Gasteiger charge is 2.46. The van der Waals surface area contributed by atoms with Gasteiger partial charge in [-0.3, -0.25) is 9.59 Å². The molecule has 0 aliphatic carbocycles. The van der Waals surface area contributed by atoms with Crippen molar-refractivity contribution in [1.82, 2.24) is 15.5 Å². The zero-order chi connectivity index (χ0) is 28.7. The zero-order valence-corrected chi connectivity index (χ0v) is 23.9. The lowest BCUT2D eigenvalue weighted by Gasteiger charge is -2.42. The molecular formula is C29H45N3O6. The lowest BCUT2D eigenvalue weighted by Crippen LogP contribution is -2.59. The lowest BCUT2D eigenvalue weighted by atomic mass is 9.71. The number of carboxylic acids is 1. The smallest absolute Gasteiger partial charge is 0.410 e. The number of rotatable bonds is 10. The van der Waals surface area contributed by atoms with Crippen LogP contribution in [0, 0.1) is 11.8 Å². The molecule has 1 aliphatic heterocycles. The average molecular weight is 532 g/mol. The monoisotopic (exact) mass is 531 g/mol. The third-order valence-electron chi connectivity index (χ3n) is 7.13. The SMILES string of the molecule is CCC(C)[C@H](NC(=O)C1(c2ccccc2)CCN(C(=O)OC(C)(C)C)CC1)C(=O)N[C@@H](CC(C)C)C(=O)O. The van der Waals surface area contributed by atoms with Gasteiger partial charge in [0.2, 0.25) is 11.8 Å². The summed E-state index contributed by atoms with van der Waals surface area (Å²) in [5.74, 6) is -2.05. The van der Waals surface area contributed by atoms with Gasteiger partial charge in [0.05, 0.1) is 5.41 Å². The number of carbonyl (C=O) groups excluding carboxylic acids is 3. The molecule has 3 N–H and O–H groups in total. The molecule has 1 saturated heterocycles. The van der Waals surface area contributed by atoms with Crippen molar-refractivity contribution in [3.05, 3.63) is 35.9 Å². The minimum absolute atomic E-state index is 0.0737. The molecular weight excluding hydrogens is 486 g/mol. The zero-order valence-electron chi connectivity index (χ0n) is 23.9. The Hall–Kier alpha value is -3.10. The molecule has 9 nitrogen and oxygen atoms in total. The number of likely N-dealkylation sites (tertiary alicyclic amines) is 1. The highest BCUT2D eigenvalue weighted by Crippen LogP contribution is 2.37. The van der Waals surface area contributed by atoms with Crippen molar-refractivity contribution < 1.29 is 29.0 Å². The van der Waals surface area contributed by atoms with Crippen LogP contribution >= 0.6 is 0 Å². The van der Waals surface area contributed by atoms with Gasteiger partial charge in [-0.15, -0.1) is 0 Å². The second-order valence-corrected chi connectivity index (χ2v) is 11.8. The number of benzene rings is 1. The van der Waals surface area contributed by atoms with Crippen LogP contribution in [0.4, 0.5) is 4.79 Å². The fourth-order valence-electron chi connectivity index (χ4n) is 4.74. The van der Waals surface area contributed by atoms with Gasteiger partial charge in [0.15, 0.2) is 0 Å². The molecule has 1 aliphatic rings. The van der Waals surface area contributed by atoms with E-state index in [4.69, 9.17) is 4.74 Å². The molecule has 0 spiro atoms. The van der Waals surface area contributed by atoms with Crippen LogP contribution in [-0.4, -0.2) is 64.7 Å². The van der Waals surface area contributed by atoms with Crippen LogP contribution in [0.5, 0.6) is 0 Å². The van der Waals surface area contributed by atoms with Crippen LogP contribution in [-0.2, 0) is 24.5 Å². The molecule has 1 heterocycles. The van der Waals surface area contributed by atoms with E-state index in [1.54, 1.807) is 4.90 Å². The minimum Gasteiger partial charge on any atom is -0.480 e. The standard InChI is InChI=1S/C29H45N3O6/c1-8-20(4)23(24(33)30-22(25(34)35)18-19(2)3)31-26(36)29(21-12-10-9-11-13-21)14-16-32(17-15-29)27(37)38-28(5,6)7/h9-13,19-20,22-23H,8,14-18H2,1-7H3,(H,30,33)(H,31,36)(H,34,35)/t20?,22-,23-/m0/s1. The van der Waals surface area contributed by atoms with Crippen LogP contribution < -0.4 is 10.6 Å². The van der Waals surface area contributed by atoms with Crippen LogP contribution in [0.1, 0.15) is 79.7 Å². The summed E-state index contributed by atoms with van der Waals surface area (Å²) in [6.07, 6.45) is 1.22. The number of carbonyl (C=O) groups is 4. The summed E-state index contributed by atoms with van der Waals surface area (Å²) < 4.78 is 5.52. The van der Waals surface area contributed by atoms with E-state index >= 15 is 0 Å². The molecule has 0 radical (unpaired) electrons. The Morgan fingerprint density at radius 2 is 1.61 bits per heavy atom. The number of carboxylic acid groups (broad SMARTS) is 1. The van der Waals surface area contributed by atoms with Crippen LogP contribution in [0.3, 0.4) is 0 Å². The quantitative estimate of drug-likeness (QED) is 0.417. The maximum atomic E-state index is 14.0. The number of hydrogen-bond acceptors (Lipinski definition) is 5. The number of amides is 3. The number of nitrogens with zero attached hydrogens (tertiary/aromatic N) is 1. The minimum atomic E-state index is -1.10. The first-order chi connectivity index (χ1) is 17.7. The highest BCUT2D eigenvalue weighted by atomic mass is 16.6. The van der Waals surface area contributed by atoms with E-state index in [1.807, 2.05) is 78.8 Å². The average Bonchev–Trinajstić information content (AvgIpc) is 2.85. The van der Waals surface area contributed by atoms with Gasteiger partial charge < -0.3 is 25.4 Å². The third kappa shape index (κ3) is 8.20. The van der Waals surface area contributed by atoms with E-state index < -0.39 is 41.1 Å². The summed E-state index contributed by atoms with van der Waals surface area (Å²) in [6.45, 7) is 13.7. The normalized spacial score (nSPS) is 17.7. The van der Waals surface area contributed by atoms with E-state index in [1.165, 1.54) is 0 Å². The van der Waals surface area contributed by atoms with E-state index in [-0.39, 0.29) is 24.2 Å². The molecule has 9 heteroatoms. The Balaban J connectivity index is 2.30. The van der Waals surface area contributed by atoms with Gasteiger partial charge >= 0.3 is 12.1 Å². The molecule has 1 aromatic carbocycles. The number of aliphatic carboxylic acids is 1. The van der Waals surface area contributed by atoms with Gasteiger partial charge in [0, 0.05) is 13.1 Å². The lowest BCUT2D eigenvalue weighted by molar-refractivity contribution is -0.143. The summed E-state index contributed by atoms with van der Waals surface area (Å²) in [5, 5.41) is 15.2. The predicted octanol–water partition coefficient (Wildman–Crippen LogP) is 4.10. The summed E-state index contributed by atoms with van der Waals surface area (Å²) in [4.78, 5) is 53.4. The Bertz CT molecular complexity index is 964. The van der Waals surface area contributed by atoms with E-state index in [0.717, 1.165) is 5.56 Å². The first kappa shape index (κ1) is 31.1. The van der Waals surface area contributed by atoms with Crippen molar-refractivity contribution in [2.24, 2.45) is 11.8 Å². The second-order valence-electron chi connectivity index (χ2n) is 11.8. The summed E-state index contributed by atoms with van der Waals surface area (Å²) >= 11 is 0. The second kappa shape index (κ2) is 13.1. The Labute approximate surface area is 226 Å². The third-order valence-corrected chi connectivity index (χ3v) is 7.13. The number of ether oxygens (including phenoxy) is 1. The maximum Gasteiger partial charge on any atom is 0.410 e. The molecule has 1 aromatic rings. The maximum absolute atomic E-state index is 14.0. The van der Waals surface area contributed by atoms with Gasteiger partial charge in [-0.2, -0.15) is 0 Å². The summed E-state index contributed by atoms with van der Waals surface area (Å²) in [7, 11) is 0. The van der Waals surface area contributed by atoms with E-state index in [0.29, 0.717) is 32.4 Å². The molecule has 0 bridgehead atoms. The van der Waals surface area contributed by atoms with Crippen LogP contribution in [0.15, 0.2) is 30.3 Å². The van der Waals surface area contributed by atoms with Gasteiger partial charge in [-0.25, -0.2) is 9.59 Å². The molecule has 212 valence electrons. The highest BCUT2D eigenvalue weighted by molar-refractivity contribution is 5.94. The fourth-order valence-corrected chi connectivity index (χ4v) is 4.74. The molecule has 1 fully saturated rings. The first-order valence-electron chi connectivity index (χ1n) is 13.6. The van der Waals surface area contributed by atoms with Crippen molar-refractivity contribution in [3.8, 4) is 0 Å². The Kier molecular flexibility index (Phi) is 10.7. The Morgan fingerprint density at radius 1 is 1.03 bits per heavy atom. The summed E-state index contributed by atoms with van der Waals surface area (Å²) in [5.41, 5.74) is -0.758. The molecule has 38 heavy (non-hydrogen) atoms. The van der Waals surface area contributed by atoms with E-state index in [2.05, 4.69) is 10.6 Å². The summed E-state index contributed by atoms with van der Waals surface area (Å²) in [6, 6.07) is 7.46. The predicted molar refractivity (Wildman–Crippen MR) is 146 cm³/mol. The van der Waals surface area contributed by atoms with Crippen molar-refractivity contribution in [2.75, 3.05) is 13.1 Å². The molecule has 3 amide bonds. The Morgan fingerprint density at radius 3 is 2.08 bits per heavy atom. The molecule has 0 saturated carbocycles. The molecule has 2 rings (SSSR count). The largest absolute Gasteiger partial charge is 0.480 e. The molecule has 0 aromatic heterocycles. The van der Waals surface area contributed by atoms with Crippen molar-refractivity contribution in [3.63, 3.8) is 0 Å². The van der Waals surface area contributed by atoms with Crippen LogP contribution in [0.2, 0.25) is 0 Å². The number of nitrogens with one attached hydrogen (secondary N) is 2. The van der Waals surface area contributed by atoms with Gasteiger partial charge in [0.25, 0.3) is 0 Å².